The first-order chi connectivity index (χ1) is 14.6. The molecule has 1 N–H and O–H groups in total. The Balaban J connectivity index is 2.05. The molecule has 0 aromatic heterocycles. The molecule has 0 radical (unpaired) electrons. The highest BCUT2D eigenvalue weighted by molar-refractivity contribution is 6.02. The summed E-state index contributed by atoms with van der Waals surface area (Å²) < 4.78 is 26.8. The van der Waals surface area contributed by atoms with E-state index in [1.807, 2.05) is 6.07 Å². The average molecular weight is 413 g/mol. The molecule has 7 heteroatoms. The minimum absolute atomic E-state index is 0.283. The third kappa shape index (κ3) is 6.86. The van der Waals surface area contributed by atoms with Crippen molar-refractivity contribution in [3.63, 3.8) is 0 Å². The van der Waals surface area contributed by atoms with Gasteiger partial charge in [0.15, 0.2) is 23.0 Å². The topological polar surface area (TPSA) is 75.3 Å². The molecule has 0 fully saturated rings. The van der Waals surface area contributed by atoms with Gasteiger partial charge in [0.2, 0.25) is 5.91 Å². The minimum Gasteiger partial charge on any atom is -0.493 e. The molecule has 0 heterocycles. The van der Waals surface area contributed by atoms with E-state index in [4.69, 9.17) is 23.7 Å². The molecule has 7 nitrogen and oxygen atoms in total. The Morgan fingerprint density at radius 2 is 1.70 bits per heavy atom. The lowest BCUT2D eigenvalue weighted by Crippen LogP contribution is -2.09. The first-order valence-corrected chi connectivity index (χ1v) is 9.31. The van der Waals surface area contributed by atoms with Crippen molar-refractivity contribution in [2.24, 2.45) is 0 Å². The van der Waals surface area contributed by atoms with Crippen molar-refractivity contribution in [3.8, 4) is 23.0 Å². The number of methoxy groups -OCH3 is 3. The van der Waals surface area contributed by atoms with Gasteiger partial charge in [-0.25, -0.2) is 0 Å². The molecule has 0 aliphatic heterocycles. The van der Waals surface area contributed by atoms with Crippen molar-refractivity contribution in [1.29, 1.82) is 0 Å². The van der Waals surface area contributed by atoms with Gasteiger partial charge in [0.25, 0.3) is 0 Å². The highest BCUT2D eigenvalue weighted by Crippen LogP contribution is 2.30. The maximum Gasteiger partial charge on any atom is 0.248 e. The van der Waals surface area contributed by atoms with Crippen LogP contribution in [0.3, 0.4) is 0 Å². The minimum atomic E-state index is -0.283. The Labute approximate surface area is 176 Å². The highest BCUT2D eigenvalue weighted by Gasteiger charge is 2.08. The standard InChI is InChI=1S/C23H27NO6/c1-5-12-29-20-9-6-17(15-21(20)28-4)7-11-23(25)24-18-8-10-19(27-3)22(16-18)30-14-13-26-2/h5-11,15-16H,1,12-14H2,2-4H3,(H,24,25)/b11-7+. The van der Waals surface area contributed by atoms with Crippen molar-refractivity contribution < 1.29 is 28.5 Å². The molecule has 0 aliphatic carbocycles. The van der Waals surface area contributed by atoms with E-state index >= 15 is 0 Å². The van der Waals surface area contributed by atoms with E-state index in [0.717, 1.165) is 5.56 Å². The quantitative estimate of drug-likeness (QED) is 0.323. The Kier molecular flexibility index (Phi) is 9.27. The highest BCUT2D eigenvalue weighted by atomic mass is 16.5. The van der Waals surface area contributed by atoms with Gasteiger partial charge in [-0.1, -0.05) is 18.7 Å². The normalized spacial score (nSPS) is 10.5. The second kappa shape index (κ2) is 12.2. The van der Waals surface area contributed by atoms with Crippen LogP contribution in [0.25, 0.3) is 6.08 Å². The van der Waals surface area contributed by atoms with Crippen LogP contribution in [0.2, 0.25) is 0 Å². The van der Waals surface area contributed by atoms with E-state index < -0.39 is 0 Å². The maximum absolute atomic E-state index is 12.3. The number of rotatable bonds is 12. The number of hydrogen-bond donors (Lipinski definition) is 1. The fourth-order valence-corrected chi connectivity index (χ4v) is 2.51. The lowest BCUT2D eigenvalue weighted by Gasteiger charge is -2.12. The van der Waals surface area contributed by atoms with Gasteiger partial charge in [-0.2, -0.15) is 0 Å². The van der Waals surface area contributed by atoms with Crippen molar-refractivity contribution in [1.82, 2.24) is 0 Å². The van der Waals surface area contributed by atoms with Gasteiger partial charge < -0.3 is 29.0 Å². The number of hydrogen-bond acceptors (Lipinski definition) is 6. The first-order valence-electron chi connectivity index (χ1n) is 9.31. The molecule has 2 aromatic rings. The SMILES string of the molecule is C=CCOc1ccc(/C=C/C(=O)Nc2ccc(OC)c(OCCOC)c2)cc1OC. The number of carbonyl (C=O) groups excluding carboxylic acids is 1. The summed E-state index contributed by atoms with van der Waals surface area (Å²) in [6.45, 7) is 4.83. The smallest absolute Gasteiger partial charge is 0.248 e. The van der Waals surface area contributed by atoms with Gasteiger partial charge in [0.05, 0.1) is 20.8 Å². The monoisotopic (exact) mass is 413 g/mol. The number of carbonyl (C=O) groups is 1. The molecule has 2 aromatic carbocycles. The molecule has 30 heavy (non-hydrogen) atoms. The third-order valence-electron chi connectivity index (χ3n) is 3.95. The molecular formula is C23H27NO6. The van der Waals surface area contributed by atoms with E-state index in [0.29, 0.717) is 48.5 Å². The molecule has 0 atom stereocenters. The second-order valence-corrected chi connectivity index (χ2v) is 6.04. The van der Waals surface area contributed by atoms with Crippen molar-refractivity contribution >= 4 is 17.7 Å². The Bertz CT molecular complexity index is 878. The summed E-state index contributed by atoms with van der Waals surface area (Å²) in [5.74, 6) is 2.00. The van der Waals surface area contributed by atoms with Gasteiger partial charge >= 0.3 is 0 Å². The number of benzene rings is 2. The second-order valence-electron chi connectivity index (χ2n) is 6.04. The lowest BCUT2D eigenvalue weighted by molar-refractivity contribution is -0.111. The molecule has 160 valence electrons. The van der Waals surface area contributed by atoms with Crippen LogP contribution in [0.15, 0.2) is 55.1 Å². The Hall–Kier alpha value is -3.45. The molecule has 0 spiro atoms. The molecule has 0 saturated heterocycles. The zero-order valence-corrected chi connectivity index (χ0v) is 17.5. The van der Waals surface area contributed by atoms with E-state index in [1.165, 1.54) is 6.08 Å². The van der Waals surface area contributed by atoms with Gasteiger partial charge in [-0.3, -0.25) is 4.79 Å². The summed E-state index contributed by atoms with van der Waals surface area (Å²) in [4.78, 5) is 12.3. The summed E-state index contributed by atoms with van der Waals surface area (Å²) in [5, 5.41) is 2.80. The van der Waals surface area contributed by atoms with Crippen LogP contribution in [0.1, 0.15) is 5.56 Å². The molecular weight excluding hydrogens is 386 g/mol. The van der Waals surface area contributed by atoms with Gasteiger partial charge in [0, 0.05) is 24.9 Å². The average Bonchev–Trinajstić information content (AvgIpc) is 2.77. The van der Waals surface area contributed by atoms with Crippen LogP contribution < -0.4 is 24.3 Å². The summed E-state index contributed by atoms with van der Waals surface area (Å²) in [6.07, 6.45) is 4.79. The van der Waals surface area contributed by atoms with E-state index in [2.05, 4.69) is 11.9 Å². The number of anilines is 1. The molecule has 1 amide bonds. The fourth-order valence-electron chi connectivity index (χ4n) is 2.51. The van der Waals surface area contributed by atoms with Crippen LogP contribution in [0.5, 0.6) is 23.0 Å². The largest absolute Gasteiger partial charge is 0.493 e. The fraction of sp³-hybridized carbons (Fsp3) is 0.261. The van der Waals surface area contributed by atoms with E-state index in [1.54, 1.807) is 63.8 Å². The van der Waals surface area contributed by atoms with E-state index in [9.17, 15) is 4.79 Å². The van der Waals surface area contributed by atoms with Crippen LogP contribution in [-0.4, -0.2) is 47.1 Å². The summed E-state index contributed by atoms with van der Waals surface area (Å²) in [5.41, 5.74) is 1.38. The maximum atomic E-state index is 12.3. The lowest BCUT2D eigenvalue weighted by atomic mass is 10.2. The van der Waals surface area contributed by atoms with Gasteiger partial charge in [-0.15, -0.1) is 0 Å². The molecule has 0 unspecified atom stereocenters. The predicted octanol–water partition coefficient (Wildman–Crippen LogP) is 3.95. The molecule has 0 bridgehead atoms. The van der Waals surface area contributed by atoms with Gasteiger partial charge in [-0.05, 0) is 35.9 Å². The van der Waals surface area contributed by atoms with E-state index in [-0.39, 0.29) is 5.91 Å². The summed E-state index contributed by atoms with van der Waals surface area (Å²) in [7, 11) is 4.72. The zero-order valence-electron chi connectivity index (χ0n) is 17.5. The summed E-state index contributed by atoms with van der Waals surface area (Å²) >= 11 is 0. The molecule has 0 saturated carbocycles. The first kappa shape index (κ1) is 22.8. The zero-order chi connectivity index (χ0) is 21.8. The number of amides is 1. The summed E-state index contributed by atoms with van der Waals surface area (Å²) in [6, 6.07) is 10.6. The molecule has 0 aliphatic rings. The number of nitrogens with one attached hydrogen (secondary N) is 1. The predicted molar refractivity (Wildman–Crippen MR) is 117 cm³/mol. The van der Waals surface area contributed by atoms with Crippen LogP contribution in [-0.2, 0) is 9.53 Å². The van der Waals surface area contributed by atoms with Crippen LogP contribution in [0.4, 0.5) is 5.69 Å². The number of ether oxygens (including phenoxy) is 5. The Morgan fingerprint density at radius 1 is 0.933 bits per heavy atom. The van der Waals surface area contributed by atoms with Crippen molar-refractivity contribution in [3.05, 3.63) is 60.7 Å². The van der Waals surface area contributed by atoms with Gasteiger partial charge in [0.1, 0.15) is 13.2 Å². The van der Waals surface area contributed by atoms with Crippen molar-refractivity contribution in [2.45, 2.75) is 0 Å². The Morgan fingerprint density at radius 3 is 2.40 bits per heavy atom. The molecule has 2 rings (SSSR count). The third-order valence-corrected chi connectivity index (χ3v) is 3.95. The van der Waals surface area contributed by atoms with Crippen molar-refractivity contribution in [2.75, 3.05) is 46.5 Å². The van der Waals surface area contributed by atoms with Crippen LogP contribution in [0, 0.1) is 0 Å². The van der Waals surface area contributed by atoms with Crippen LogP contribution >= 0.6 is 0 Å².